The molecule has 3 rings (SSSR count). The molecule has 0 saturated carbocycles. The SMILES string of the molecule is CCC(N)c1nc(-c2ccc3c(c2)OCCCO3)cs1. The second-order valence-electron chi connectivity index (χ2n) is 4.80. The van der Waals surface area contributed by atoms with Crippen LogP contribution in [0.5, 0.6) is 11.5 Å². The molecular weight excluding hydrogens is 272 g/mol. The predicted octanol–water partition coefficient (Wildman–Crippen LogP) is 3.38. The molecular formula is C15H18N2O2S. The second kappa shape index (κ2) is 5.81. The lowest BCUT2D eigenvalue weighted by molar-refractivity contribution is 0.297. The Morgan fingerprint density at radius 3 is 2.90 bits per heavy atom. The highest BCUT2D eigenvalue weighted by Crippen LogP contribution is 2.35. The number of aromatic nitrogens is 1. The van der Waals surface area contributed by atoms with Gasteiger partial charge in [-0.1, -0.05) is 6.92 Å². The van der Waals surface area contributed by atoms with Crippen LogP contribution in [0.2, 0.25) is 0 Å². The van der Waals surface area contributed by atoms with Crippen molar-refractivity contribution in [3.05, 3.63) is 28.6 Å². The Labute approximate surface area is 122 Å². The van der Waals surface area contributed by atoms with E-state index in [9.17, 15) is 0 Å². The van der Waals surface area contributed by atoms with E-state index in [2.05, 4.69) is 11.9 Å². The maximum atomic E-state index is 6.02. The summed E-state index contributed by atoms with van der Waals surface area (Å²) in [6.07, 6.45) is 1.81. The first-order valence-corrected chi connectivity index (χ1v) is 7.77. The fraction of sp³-hybridized carbons (Fsp3) is 0.400. The molecule has 1 aliphatic rings. The van der Waals surface area contributed by atoms with Crippen LogP contribution in [0.25, 0.3) is 11.3 Å². The Kier molecular flexibility index (Phi) is 3.89. The van der Waals surface area contributed by atoms with Crippen molar-refractivity contribution in [1.29, 1.82) is 0 Å². The number of hydrogen-bond acceptors (Lipinski definition) is 5. The molecule has 2 aromatic rings. The molecule has 0 radical (unpaired) electrons. The third kappa shape index (κ3) is 2.64. The lowest BCUT2D eigenvalue weighted by atomic mass is 10.1. The van der Waals surface area contributed by atoms with E-state index in [1.807, 2.05) is 23.6 Å². The first-order valence-electron chi connectivity index (χ1n) is 6.89. The van der Waals surface area contributed by atoms with Gasteiger partial charge >= 0.3 is 0 Å². The zero-order valence-corrected chi connectivity index (χ0v) is 12.3. The first-order chi connectivity index (χ1) is 9.78. The smallest absolute Gasteiger partial charge is 0.161 e. The lowest BCUT2D eigenvalue weighted by Crippen LogP contribution is -2.07. The van der Waals surface area contributed by atoms with Crippen LogP contribution in [0, 0.1) is 0 Å². The molecule has 4 nitrogen and oxygen atoms in total. The summed E-state index contributed by atoms with van der Waals surface area (Å²) >= 11 is 1.61. The molecule has 2 heterocycles. The fourth-order valence-electron chi connectivity index (χ4n) is 2.09. The van der Waals surface area contributed by atoms with E-state index in [1.165, 1.54) is 0 Å². The molecule has 0 bridgehead atoms. The zero-order chi connectivity index (χ0) is 13.9. The van der Waals surface area contributed by atoms with Crippen molar-refractivity contribution in [3.8, 4) is 22.8 Å². The van der Waals surface area contributed by atoms with Gasteiger partial charge in [-0.2, -0.15) is 0 Å². The van der Waals surface area contributed by atoms with Gasteiger partial charge < -0.3 is 15.2 Å². The van der Waals surface area contributed by atoms with Crippen LogP contribution < -0.4 is 15.2 Å². The minimum absolute atomic E-state index is 0.0224. The summed E-state index contributed by atoms with van der Waals surface area (Å²) in [5, 5.41) is 3.03. The first kappa shape index (κ1) is 13.4. The van der Waals surface area contributed by atoms with Gasteiger partial charge in [-0.05, 0) is 24.6 Å². The highest BCUT2D eigenvalue weighted by molar-refractivity contribution is 7.10. The Balaban J connectivity index is 1.90. The molecule has 0 amide bonds. The highest BCUT2D eigenvalue weighted by atomic mass is 32.1. The highest BCUT2D eigenvalue weighted by Gasteiger charge is 2.14. The van der Waals surface area contributed by atoms with Crippen LogP contribution in [-0.4, -0.2) is 18.2 Å². The molecule has 1 unspecified atom stereocenters. The van der Waals surface area contributed by atoms with Crippen LogP contribution in [0.15, 0.2) is 23.6 Å². The van der Waals surface area contributed by atoms with Crippen molar-refractivity contribution in [2.24, 2.45) is 5.73 Å². The standard InChI is InChI=1S/C15H18N2O2S/c1-2-11(16)15-17-12(9-20-15)10-4-5-13-14(8-10)19-7-3-6-18-13/h4-5,8-9,11H,2-3,6-7,16H2,1H3. The Bertz CT molecular complexity index is 597. The molecule has 1 aromatic carbocycles. The van der Waals surface area contributed by atoms with Crippen LogP contribution in [0.4, 0.5) is 0 Å². The minimum Gasteiger partial charge on any atom is -0.490 e. The summed E-state index contributed by atoms with van der Waals surface area (Å²) in [7, 11) is 0. The fourth-order valence-corrected chi connectivity index (χ4v) is 3.00. The van der Waals surface area contributed by atoms with Gasteiger partial charge in [0.25, 0.3) is 0 Å². The topological polar surface area (TPSA) is 57.4 Å². The molecule has 5 heteroatoms. The van der Waals surface area contributed by atoms with Gasteiger partial charge in [-0.3, -0.25) is 0 Å². The number of nitrogens with zero attached hydrogens (tertiary/aromatic N) is 1. The van der Waals surface area contributed by atoms with Crippen LogP contribution in [-0.2, 0) is 0 Å². The van der Waals surface area contributed by atoms with Gasteiger partial charge in [0.2, 0.25) is 0 Å². The number of benzene rings is 1. The molecule has 0 spiro atoms. The number of hydrogen-bond donors (Lipinski definition) is 1. The molecule has 2 N–H and O–H groups in total. The van der Waals surface area contributed by atoms with E-state index in [0.717, 1.165) is 40.6 Å². The monoisotopic (exact) mass is 290 g/mol. The average molecular weight is 290 g/mol. The van der Waals surface area contributed by atoms with Gasteiger partial charge in [0.1, 0.15) is 5.01 Å². The number of ether oxygens (including phenoxy) is 2. The van der Waals surface area contributed by atoms with E-state index in [1.54, 1.807) is 11.3 Å². The minimum atomic E-state index is 0.0224. The normalized spacial score (nSPS) is 15.7. The lowest BCUT2D eigenvalue weighted by Gasteiger charge is -2.08. The maximum absolute atomic E-state index is 6.02. The number of nitrogens with two attached hydrogens (primary N) is 1. The molecule has 1 aromatic heterocycles. The van der Waals surface area contributed by atoms with Crippen molar-refractivity contribution in [2.45, 2.75) is 25.8 Å². The van der Waals surface area contributed by atoms with Crippen molar-refractivity contribution in [3.63, 3.8) is 0 Å². The van der Waals surface area contributed by atoms with Gasteiger partial charge in [-0.25, -0.2) is 4.98 Å². The Morgan fingerprint density at radius 2 is 2.10 bits per heavy atom. The largest absolute Gasteiger partial charge is 0.490 e. The second-order valence-corrected chi connectivity index (χ2v) is 5.69. The van der Waals surface area contributed by atoms with Crippen molar-refractivity contribution < 1.29 is 9.47 Å². The Hall–Kier alpha value is -1.59. The summed E-state index contributed by atoms with van der Waals surface area (Å²) in [5.41, 5.74) is 8.01. The Morgan fingerprint density at radius 1 is 1.30 bits per heavy atom. The molecule has 1 atom stereocenters. The van der Waals surface area contributed by atoms with Gasteiger partial charge in [-0.15, -0.1) is 11.3 Å². The van der Waals surface area contributed by atoms with E-state index >= 15 is 0 Å². The van der Waals surface area contributed by atoms with Gasteiger partial charge in [0.15, 0.2) is 11.5 Å². The summed E-state index contributed by atoms with van der Waals surface area (Å²) in [4.78, 5) is 4.62. The summed E-state index contributed by atoms with van der Waals surface area (Å²) < 4.78 is 11.3. The summed E-state index contributed by atoms with van der Waals surface area (Å²) in [6.45, 7) is 3.47. The van der Waals surface area contributed by atoms with Crippen LogP contribution in [0.1, 0.15) is 30.8 Å². The van der Waals surface area contributed by atoms with Crippen molar-refractivity contribution in [1.82, 2.24) is 4.98 Å². The molecule has 0 saturated heterocycles. The molecule has 0 aliphatic carbocycles. The molecule has 1 aliphatic heterocycles. The third-order valence-electron chi connectivity index (χ3n) is 3.32. The average Bonchev–Trinajstić information content (AvgIpc) is 2.85. The van der Waals surface area contributed by atoms with Crippen molar-refractivity contribution in [2.75, 3.05) is 13.2 Å². The van der Waals surface area contributed by atoms with Crippen LogP contribution in [0.3, 0.4) is 0 Å². The van der Waals surface area contributed by atoms with E-state index in [-0.39, 0.29) is 6.04 Å². The van der Waals surface area contributed by atoms with E-state index in [4.69, 9.17) is 15.2 Å². The van der Waals surface area contributed by atoms with E-state index in [0.29, 0.717) is 13.2 Å². The van der Waals surface area contributed by atoms with E-state index < -0.39 is 0 Å². The van der Waals surface area contributed by atoms with Gasteiger partial charge in [0, 0.05) is 17.4 Å². The number of fused-ring (bicyclic) bond motifs is 1. The predicted molar refractivity (Wildman–Crippen MR) is 80.4 cm³/mol. The van der Waals surface area contributed by atoms with Crippen LogP contribution >= 0.6 is 11.3 Å². The zero-order valence-electron chi connectivity index (χ0n) is 11.5. The number of rotatable bonds is 3. The van der Waals surface area contributed by atoms with Crippen molar-refractivity contribution >= 4 is 11.3 Å². The number of thiazole rings is 1. The molecule has 106 valence electrons. The quantitative estimate of drug-likeness (QED) is 0.941. The van der Waals surface area contributed by atoms with Gasteiger partial charge in [0.05, 0.1) is 24.9 Å². The molecule has 0 fully saturated rings. The summed E-state index contributed by atoms with van der Waals surface area (Å²) in [5.74, 6) is 1.61. The maximum Gasteiger partial charge on any atom is 0.161 e. The summed E-state index contributed by atoms with van der Waals surface area (Å²) in [6, 6.07) is 5.99. The molecule has 20 heavy (non-hydrogen) atoms. The third-order valence-corrected chi connectivity index (χ3v) is 4.30.